The lowest BCUT2D eigenvalue weighted by Crippen LogP contribution is -2.44. The minimum Gasteiger partial charge on any atom is -0.444 e. The van der Waals surface area contributed by atoms with E-state index in [0.29, 0.717) is 6.42 Å². The number of nitrogens with zero attached hydrogens (tertiary/aromatic N) is 1. The molecule has 3 N–H and O–H groups in total. The second-order valence-corrected chi connectivity index (χ2v) is 5.71. The van der Waals surface area contributed by atoms with Crippen molar-refractivity contribution in [1.82, 2.24) is 5.32 Å². The Morgan fingerprint density at radius 2 is 2.19 bits per heavy atom. The van der Waals surface area contributed by atoms with Gasteiger partial charge in [0.15, 0.2) is 0 Å². The van der Waals surface area contributed by atoms with Gasteiger partial charge in [-0.05, 0) is 44.9 Å². The molecule has 0 bridgehead atoms. The summed E-state index contributed by atoms with van der Waals surface area (Å²) in [6.45, 7) is 5.51. The summed E-state index contributed by atoms with van der Waals surface area (Å²) < 4.78 is 18.4. The smallest absolute Gasteiger partial charge is 0.407 e. The predicted molar refractivity (Wildman–Crippen MR) is 77.0 cm³/mol. The Morgan fingerprint density at radius 3 is 2.71 bits per heavy atom. The van der Waals surface area contributed by atoms with E-state index in [4.69, 9.17) is 15.7 Å². The molecule has 0 aliphatic rings. The van der Waals surface area contributed by atoms with Crippen LogP contribution in [-0.4, -0.2) is 24.3 Å². The van der Waals surface area contributed by atoms with E-state index < -0.39 is 17.5 Å². The summed E-state index contributed by atoms with van der Waals surface area (Å²) >= 11 is 0. The topological polar surface area (TPSA) is 88.1 Å². The lowest BCUT2D eigenvalue weighted by molar-refractivity contribution is 0.0506. The zero-order valence-electron chi connectivity index (χ0n) is 12.4. The standard InChI is InChI=1S/C15H20FN3O2/c1-15(2,3)21-14(20)19-12(9-18)7-10-4-5-13(16)11(6-10)8-17/h4-6,12H,7,9,18H2,1-3H3,(H,19,20). The van der Waals surface area contributed by atoms with Gasteiger partial charge in [-0.2, -0.15) is 5.26 Å². The molecule has 0 heterocycles. The number of hydrogen-bond acceptors (Lipinski definition) is 4. The van der Waals surface area contributed by atoms with Crippen LogP contribution < -0.4 is 11.1 Å². The van der Waals surface area contributed by atoms with Gasteiger partial charge >= 0.3 is 6.09 Å². The summed E-state index contributed by atoms with van der Waals surface area (Å²) in [5.74, 6) is -0.564. The summed E-state index contributed by atoms with van der Waals surface area (Å²) in [7, 11) is 0. The molecule has 0 saturated heterocycles. The highest BCUT2D eigenvalue weighted by atomic mass is 19.1. The molecule has 1 atom stereocenters. The van der Waals surface area contributed by atoms with Crippen molar-refractivity contribution in [3.05, 3.63) is 35.1 Å². The summed E-state index contributed by atoms with van der Waals surface area (Å²) in [5, 5.41) is 11.5. The fourth-order valence-corrected chi connectivity index (χ4v) is 1.74. The Bertz CT molecular complexity index is 547. The minimum atomic E-state index is -0.590. The number of alkyl carbamates (subject to hydrolysis) is 1. The normalized spacial score (nSPS) is 12.4. The molecule has 0 saturated carbocycles. The van der Waals surface area contributed by atoms with Crippen LogP contribution in [0.1, 0.15) is 31.9 Å². The predicted octanol–water partition coefficient (Wildman–Crippen LogP) is 2.09. The summed E-state index contributed by atoms with van der Waals surface area (Å²) in [4.78, 5) is 11.7. The van der Waals surface area contributed by atoms with Crippen LogP contribution in [0, 0.1) is 17.1 Å². The van der Waals surface area contributed by atoms with E-state index in [0.717, 1.165) is 5.56 Å². The molecular weight excluding hydrogens is 273 g/mol. The van der Waals surface area contributed by atoms with Crippen LogP contribution in [0.25, 0.3) is 0 Å². The van der Waals surface area contributed by atoms with Crippen molar-refractivity contribution in [1.29, 1.82) is 5.26 Å². The maximum absolute atomic E-state index is 13.2. The van der Waals surface area contributed by atoms with Crippen molar-refractivity contribution in [3.63, 3.8) is 0 Å². The zero-order valence-corrected chi connectivity index (χ0v) is 12.4. The van der Waals surface area contributed by atoms with E-state index in [-0.39, 0.29) is 18.2 Å². The fourth-order valence-electron chi connectivity index (χ4n) is 1.74. The van der Waals surface area contributed by atoms with Crippen LogP contribution in [0.15, 0.2) is 18.2 Å². The first-order valence-corrected chi connectivity index (χ1v) is 6.63. The van der Waals surface area contributed by atoms with Gasteiger partial charge in [0.1, 0.15) is 17.5 Å². The molecule has 114 valence electrons. The quantitative estimate of drug-likeness (QED) is 0.889. The summed E-state index contributed by atoms with van der Waals surface area (Å²) in [5.41, 5.74) is 5.73. The van der Waals surface area contributed by atoms with Crippen molar-refractivity contribution in [3.8, 4) is 6.07 Å². The monoisotopic (exact) mass is 293 g/mol. The Hall–Kier alpha value is -2.13. The molecule has 0 fully saturated rings. The first kappa shape index (κ1) is 16.9. The number of carbonyl (C=O) groups is 1. The molecule has 5 nitrogen and oxygen atoms in total. The molecule has 0 aliphatic heterocycles. The number of nitrogens with two attached hydrogens (primary N) is 1. The van der Waals surface area contributed by atoms with Gasteiger partial charge < -0.3 is 15.8 Å². The van der Waals surface area contributed by atoms with Gasteiger partial charge in [0.05, 0.1) is 5.56 Å². The Balaban J connectivity index is 2.70. The first-order valence-electron chi connectivity index (χ1n) is 6.63. The molecule has 1 unspecified atom stereocenters. The number of ether oxygens (including phenoxy) is 1. The van der Waals surface area contributed by atoms with Crippen molar-refractivity contribution in [2.75, 3.05) is 6.54 Å². The Morgan fingerprint density at radius 1 is 1.52 bits per heavy atom. The molecule has 0 radical (unpaired) electrons. The molecular formula is C15H20FN3O2. The third-order valence-corrected chi connectivity index (χ3v) is 2.64. The number of nitrogens with one attached hydrogen (secondary N) is 1. The first-order chi connectivity index (χ1) is 9.75. The maximum Gasteiger partial charge on any atom is 0.407 e. The average Bonchev–Trinajstić information content (AvgIpc) is 2.37. The molecule has 1 rings (SSSR count). The molecule has 1 aromatic carbocycles. The van der Waals surface area contributed by atoms with E-state index in [1.165, 1.54) is 12.1 Å². The largest absolute Gasteiger partial charge is 0.444 e. The zero-order chi connectivity index (χ0) is 16.0. The van der Waals surface area contributed by atoms with Gasteiger partial charge in [0.25, 0.3) is 0 Å². The molecule has 1 amide bonds. The van der Waals surface area contributed by atoms with Crippen LogP contribution in [0.5, 0.6) is 0 Å². The van der Waals surface area contributed by atoms with E-state index in [9.17, 15) is 9.18 Å². The average molecular weight is 293 g/mol. The van der Waals surface area contributed by atoms with Crippen LogP contribution in [0.4, 0.5) is 9.18 Å². The number of amides is 1. The molecule has 6 heteroatoms. The molecule has 1 aromatic rings. The molecule has 0 aliphatic carbocycles. The van der Waals surface area contributed by atoms with Crippen LogP contribution in [-0.2, 0) is 11.2 Å². The van der Waals surface area contributed by atoms with Gasteiger partial charge in [0.2, 0.25) is 0 Å². The van der Waals surface area contributed by atoms with Crippen molar-refractivity contribution in [2.24, 2.45) is 5.73 Å². The highest BCUT2D eigenvalue weighted by molar-refractivity contribution is 5.68. The van der Waals surface area contributed by atoms with E-state index in [1.807, 2.05) is 0 Å². The van der Waals surface area contributed by atoms with Gasteiger partial charge in [-0.15, -0.1) is 0 Å². The number of hydrogen-bond donors (Lipinski definition) is 2. The summed E-state index contributed by atoms with van der Waals surface area (Å²) in [6, 6.07) is 5.68. The fraction of sp³-hybridized carbons (Fsp3) is 0.467. The van der Waals surface area contributed by atoms with E-state index in [1.54, 1.807) is 32.9 Å². The lowest BCUT2D eigenvalue weighted by Gasteiger charge is -2.23. The number of benzene rings is 1. The number of carbonyl (C=O) groups excluding carboxylic acids is 1. The third-order valence-electron chi connectivity index (χ3n) is 2.64. The number of nitriles is 1. The summed E-state index contributed by atoms with van der Waals surface area (Å²) in [6.07, 6.45) is -0.161. The maximum atomic E-state index is 13.2. The second kappa shape index (κ2) is 7.04. The van der Waals surface area contributed by atoms with Crippen molar-refractivity contribution >= 4 is 6.09 Å². The van der Waals surface area contributed by atoms with Gasteiger partial charge in [-0.3, -0.25) is 0 Å². The lowest BCUT2D eigenvalue weighted by atomic mass is 10.0. The SMILES string of the molecule is CC(C)(C)OC(=O)NC(CN)Cc1ccc(F)c(C#N)c1. The van der Waals surface area contributed by atoms with Gasteiger partial charge in [0, 0.05) is 12.6 Å². The van der Waals surface area contributed by atoms with E-state index in [2.05, 4.69) is 5.32 Å². The van der Waals surface area contributed by atoms with Gasteiger partial charge in [-0.1, -0.05) is 6.07 Å². The number of rotatable bonds is 4. The van der Waals surface area contributed by atoms with Crippen LogP contribution >= 0.6 is 0 Å². The third kappa shape index (κ3) is 5.79. The molecule has 0 aromatic heterocycles. The Labute approximate surface area is 123 Å². The highest BCUT2D eigenvalue weighted by Crippen LogP contribution is 2.12. The van der Waals surface area contributed by atoms with Crippen LogP contribution in [0.2, 0.25) is 0 Å². The minimum absolute atomic E-state index is 0.0273. The highest BCUT2D eigenvalue weighted by Gasteiger charge is 2.19. The van der Waals surface area contributed by atoms with Crippen LogP contribution in [0.3, 0.4) is 0 Å². The number of halogens is 1. The van der Waals surface area contributed by atoms with Gasteiger partial charge in [-0.25, -0.2) is 9.18 Å². The van der Waals surface area contributed by atoms with Crippen molar-refractivity contribution in [2.45, 2.75) is 38.8 Å². The van der Waals surface area contributed by atoms with Crippen molar-refractivity contribution < 1.29 is 13.9 Å². The molecule has 21 heavy (non-hydrogen) atoms. The molecule has 0 spiro atoms. The van der Waals surface area contributed by atoms with E-state index >= 15 is 0 Å². The second-order valence-electron chi connectivity index (χ2n) is 5.71. The Kier molecular flexibility index (Phi) is 5.68.